The molecular formula is C8H16N4O10S2. The van der Waals surface area contributed by atoms with Crippen LogP contribution >= 0.6 is 0 Å². The van der Waals surface area contributed by atoms with Crippen LogP contribution in [0.25, 0.3) is 10.4 Å². The first kappa shape index (κ1) is 24.3. The molecule has 0 aliphatic rings. The molecule has 140 valence electrons. The van der Waals surface area contributed by atoms with Crippen molar-refractivity contribution in [3.05, 3.63) is 10.4 Å². The Morgan fingerprint density at radius 1 is 1.00 bits per heavy atom. The first-order valence-electron chi connectivity index (χ1n) is 5.82. The van der Waals surface area contributed by atoms with Gasteiger partial charge in [-0.1, -0.05) is 5.11 Å². The molecule has 0 fully saturated rings. The quantitative estimate of drug-likeness (QED) is 0.133. The lowest BCUT2D eigenvalue weighted by molar-refractivity contribution is -0.138. The lowest BCUT2D eigenvalue weighted by Gasteiger charge is -2.06. The molecule has 0 heterocycles. The second-order valence-corrected chi connectivity index (χ2v) is 7.51. The molecule has 0 aliphatic heterocycles. The van der Waals surface area contributed by atoms with Crippen LogP contribution < -0.4 is 5.73 Å². The van der Waals surface area contributed by atoms with E-state index in [4.69, 9.17) is 30.6 Å². The van der Waals surface area contributed by atoms with Gasteiger partial charge in [-0.05, 0) is 5.53 Å². The zero-order valence-electron chi connectivity index (χ0n) is 12.0. The van der Waals surface area contributed by atoms with Crippen LogP contribution in [0.15, 0.2) is 5.11 Å². The fourth-order valence-electron chi connectivity index (χ4n) is 1.09. The van der Waals surface area contributed by atoms with Gasteiger partial charge in [0.15, 0.2) is 0 Å². The maximum atomic E-state index is 10.5. The Labute approximate surface area is 136 Å². The van der Waals surface area contributed by atoms with Crippen LogP contribution in [0.4, 0.5) is 0 Å². The lowest BCUT2D eigenvalue weighted by atomic mass is 10.3. The second-order valence-electron chi connectivity index (χ2n) is 4.12. The van der Waals surface area contributed by atoms with E-state index in [2.05, 4.69) is 10.0 Å². The van der Waals surface area contributed by atoms with E-state index in [0.717, 1.165) is 0 Å². The predicted octanol–water partition coefficient (Wildman–Crippen LogP) is -1.30. The number of hydrogen-bond donors (Lipinski definition) is 5. The molecule has 0 rings (SSSR count). The zero-order valence-corrected chi connectivity index (χ0v) is 13.6. The summed E-state index contributed by atoms with van der Waals surface area (Å²) < 4.78 is 58.4. The van der Waals surface area contributed by atoms with E-state index in [1.807, 2.05) is 0 Å². The first-order valence-corrected chi connectivity index (χ1v) is 8.83. The van der Waals surface area contributed by atoms with E-state index in [1.54, 1.807) is 0 Å². The molecule has 0 radical (unpaired) electrons. The molecule has 0 bridgehead atoms. The fourth-order valence-corrected chi connectivity index (χ4v) is 2.30. The summed E-state index contributed by atoms with van der Waals surface area (Å²) in [5, 5.41) is 16.3. The molecule has 16 heteroatoms. The van der Waals surface area contributed by atoms with Crippen molar-refractivity contribution in [2.45, 2.75) is 23.3 Å². The van der Waals surface area contributed by atoms with Crippen molar-refractivity contribution in [1.29, 1.82) is 0 Å². The SMILES string of the molecule is NCC(CC(=O)O)S(=O)(=O)O.[N-]=[N+]=NCC(CC(=O)O)S(=O)(=O)O. The summed E-state index contributed by atoms with van der Waals surface area (Å²) in [6.45, 7) is -0.993. The van der Waals surface area contributed by atoms with E-state index >= 15 is 0 Å². The summed E-state index contributed by atoms with van der Waals surface area (Å²) in [5.41, 5.74) is 12.8. The molecule has 0 amide bonds. The maximum absolute atomic E-state index is 10.5. The van der Waals surface area contributed by atoms with Gasteiger partial charge in [0, 0.05) is 18.0 Å². The number of azide groups is 1. The van der Waals surface area contributed by atoms with Crippen molar-refractivity contribution in [3.8, 4) is 0 Å². The third kappa shape index (κ3) is 12.6. The molecule has 0 aromatic carbocycles. The van der Waals surface area contributed by atoms with Gasteiger partial charge in [-0.25, -0.2) is 0 Å². The summed E-state index contributed by atoms with van der Waals surface area (Å²) in [5.74, 6) is -2.70. The molecule has 0 aliphatic carbocycles. The second kappa shape index (κ2) is 10.7. The molecular weight excluding hydrogens is 376 g/mol. The van der Waals surface area contributed by atoms with E-state index in [-0.39, 0.29) is 0 Å². The average Bonchev–Trinajstić information content (AvgIpc) is 2.38. The Bertz CT molecular complexity index is 678. The van der Waals surface area contributed by atoms with Gasteiger partial charge in [-0.15, -0.1) is 0 Å². The molecule has 2 atom stereocenters. The first-order chi connectivity index (χ1) is 10.8. The number of hydrogen-bond acceptors (Lipinski definition) is 8. The molecule has 0 saturated carbocycles. The molecule has 2 unspecified atom stereocenters. The number of nitrogens with zero attached hydrogens (tertiary/aromatic N) is 3. The molecule has 0 aromatic heterocycles. The van der Waals surface area contributed by atoms with Crippen molar-refractivity contribution in [1.82, 2.24) is 0 Å². The van der Waals surface area contributed by atoms with E-state index in [0.29, 0.717) is 0 Å². The van der Waals surface area contributed by atoms with Crippen molar-refractivity contribution in [2.24, 2.45) is 10.8 Å². The molecule has 14 nitrogen and oxygen atoms in total. The van der Waals surface area contributed by atoms with Gasteiger partial charge in [0.25, 0.3) is 20.2 Å². The van der Waals surface area contributed by atoms with Gasteiger partial charge in [0.2, 0.25) is 0 Å². The molecule has 24 heavy (non-hydrogen) atoms. The number of carbonyl (C=O) groups is 2. The number of rotatable bonds is 9. The number of carboxylic acids is 2. The third-order valence-corrected chi connectivity index (χ3v) is 4.62. The Morgan fingerprint density at radius 2 is 1.38 bits per heavy atom. The highest BCUT2D eigenvalue weighted by Crippen LogP contribution is 2.05. The van der Waals surface area contributed by atoms with Crippen LogP contribution in [0, 0.1) is 0 Å². The molecule has 0 spiro atoms. The summed E-state index contributed by atoms with van der Waals surface area (Å²) in [7, 11) is -8.79. The van der Waals surface area contributed by atoms with Crippen LogP contribution in [0.1, 0.15) is 12.8 Å². The summed E-state index contributed by atoms with van der Waals surface area (Å²) >= 11 is 0. The van der Waals surface area contributed by atoms with Crippen molar-refractivity contribution in [2.75, 3.05) is 13.1 Å². The van der Waals surface area contributed by atoms with Crippen molar-refractivity contribution < 1.29 is 45.7 Å². The number of carboxylic acid groups (broad SMARTS) is 2. The summed E-state index contributed by atoms with van der Waals surface area (Å²) in [6.07, 6.45) is -1.47. The van der Waals surface area contributed by atoms with Crippen LogP contribution in [-0.4, -0.2) is 71.7 Å². The lowest BCUT2D eigenvalue weighted by Crippen LogP contribution is -2.31. The van der Waals surface area contributed by atoms with Crippen LogP contribution in [0.3, 0.4) is 0 Å². The third-order valence-electron chi connectivity index (χ3n) is 2.26. The number of nitrogens with two attached hydrogens (primary N) is 1. The predicted molar refractivity (Wildman–Crippen MR) is 78.2 cm³/mol. The normalized spacial score (nSPS) is 13.6. The van der Waals surface area contributed by atoms with E-state index in [9.17, 15) is 26.4 Å². The fraction of sp³-hybridized carbons (Fsp3) is 0.750. The molecule has 0 saturated heterocycles. The minimum atomic E-state index is -4.48. The Morgan fingerprint density at radius 3 is 1.58 bits per heavy atom. The zero-order chi connectivity index (χ0) is 19.6. The number of aliphatic carboxylic acids is 2. The van der Waals surface area contributed by atoms with Crippen molar-refractivity contribution >= 4 is 32.2 Å². The average molecular weight is 392 g/mol. The van der Waals surface area contributed by atoms with Gasteiger partial charge in [0.1, 0.15) is 10.5 Å². The highest BCUT2D eigenvalue weighted by molar-refractivity contribution is 7.86. The van der Waals surface area contributed by atoms with Crippen LogP contribution in [0.2, 0.25) is 0 Å². The molecule has 0 aromatic rings. The topological polar surface area (TPSA) is 258 Å². The maximum Gasteiger partial charge on any atom is 0.304 e. The Kier molecular flexibility index (Phi) is 10.9. The van der Waals surface area contributed by atoms with Gasteiger partial charge < -0.3 is 15.9 Å². The highest BCUT2D eigenvalue weighted by atomic mass is 32.2. The van der Waals surface area contributed by atoms with Crippen molar-refractivity contribution in [3.63, 3.8) is 0 Å². The summed E-state index contributed by atoms with van der Waals surface area (Å²) in [6, 6.07) is 0. The van der Waals surface area contributed by atoms with E-state index in [1.165, 1.54) is 0 Å². The largest absolute Gasteiger partial charge is 0.481 e. The standard InChI is InChI=1S/C4H7N3O5S.C4H9NO5S/c5-7-6-2-3(1-4(8)9)13(10,11)12;5-2-3(1-4(6)7)11(8,9)10/h3H,1-2H2,(H,8,9)(H,10,11,12);3H,1-2,5H2,(H,6,7)(H,8,9,10). The Balaban J connectivity index is 0. The monoisotopic (exact) mass is 392 g/mol. The Hall–Kier alpha value is -1.97. The minimum absolute atomic E-state index is 0.398. The van der Waals surface area contributed by atoms with Gasteiger partial charge >= 0.3 is 11.9 Å². The van der Waals surface area contributed by atoms with E-state index < -0.39 is 68.6 Å². The van der Waals surface area contributed by atoms with Gasteiger partial charge in [-0.3, -0.25) is 18.7 Å². The van der Waals surface area contributed by atoms with Crippen LogP contribution in [-0.2, 0) is 29.8 Å². The van der Waals surface area contributed by atoms with Crippen LogP contribution in [0.5, 0.6) is 0 Å². The highest BCUT2D eigenvalue weighted by Gasteiger charge is 2.25. The smallest absolute Gasteiger partial charge is 0.304 e. The van der Waals surface area contributed by atoms with Gasteiger partial charge in [-0.2, -0.15) is 16.8 Å². The molecule has 6 N–H and O–H groups in total. The minimum Gasteiger partial charge on any atom is -0.481 e. The summed E-state index contributed by atoms with van der Waals surface area (Å²) in [4.78, 5) is 22.3. The van der Waals surface area contributed by atoms with Gasteiger partial charge in [0.05, 0.1) is 12.8 Å².